The molecule has 1 aromatic heterocycles. The molecule has 0 aliphatic carbocycles. The minimum absolute atomic E-state index is 0.246. The molecule has 1 amide bonds. The average molecular weight is 463 g/mol. The molecule has 7 nitrogen and oxygen atoms in total. The molecule has 3 N–H and O–H groups in total. The first-order valence-electron chi connectivity index (χ1n) is 11.4. The number of aromatic hydroxyl groups is 1. The lowest BCUT2D eigenvalue weighted by Gasteiger charge is -2.27. The molecule has 0 atom stereocenters. The molecule has 0 aliphatic heterocycles. The number of benzene rings is 2. The quantitative estimate of drug-likeness (QED) is 0.331. The van der Waals surface area contributed by atoms with Crippen LogP contribution < -0.4 is 10.2 Å². The highest BCUT2D eigenvalue weighted by atomic mass is 16.5. The second-order valence-electron chi connectivity index (χ2n) is 10.3. The number of H-pyrrole nitrogens is 1. The molecule has 3 rings (SSSR count). The minimum Gasteiger partial charge on any atom is -0.507 e. The second-order valence-corrected chi connectivity index (χ2v) is 10.3. The van der Waals surface area contributed by atoms with Crippen LogP contribution in [-0.2, 0) is 10.8 Å². The van der Waals surface area contributed by atoms with E-state index < -0.39 is 5.91 Å². The highest BCUT2D eigenvalue weighted by Crippen LogP contribution is 2.39. The smallest absolute Gasteiger partial charge is 0.289 e. The molecule has 0 bridgehead atoms. The number of amides is 1. The summed E-state index contributed by atoms with van der Waals surface area (Å²) in [5, 5.41) is 22.0. The Morgan fingerprint density at radius 1 is 1.06 bits per heavy atom. The molecule has 7 heteroatoms. The third-order valence-corrected chi connectivity index (χ3v) is 5.41. The number of carbonyl (C=O) groups excluding carboxylic acids is 1. The van der Waals surface area contributed by atoms with Crippen LogP contribution >= 0.6 is 0 Å². The Bertz CT molecular complexity index is 1140. The first-order valence-corrected chi connectivity index (χ1v) is 11.4. The van der Waals surface area contributed by atoms with Crippen LogP contribution in [-0.4, -0.2) is 34.0 Å². The van der Waals surface area contributed by atoms with Crippen LogP contribution in [0.5, 0.6) is 11.5 Å². The summed E-state index contributed by atoms with van der Waals surface area (Å²) < 4.78 is 5.46. The summed E-state index contributed by atoms with van der Waals surface area (Å²) in [6, 6.07) is 13.0. The Hall–Kier alpha value is -3.61. The number of hydrogen-bond acceptors (Lipinski definition) is 5. The van der Waals surface area contributed by atoms with Crippen molar-refractivity contribution in [2.75, 3.05) is 6.61 Å². The van der Waals surface area contributed by atoms with Gasteiger partial charge in [0.15, 0.2) is 0 Å². The fourth-order valence-corrected chi connectivity index (χ4v) is 3.57. The van der Waals surface area contributed by atoms with Crippen LogP contribution in [0.25, 0.3) is 11.3 Å². The zero-order chi connectivity index (χ0) is 25.1. The maximum Gasteiger partial charge on any atom is 0.289 e. The molecule has 34 heavy (non-hydrogen) atoms. The van der Waals surface area contributed by atoms with E-state index in [4.69, 9.17) is 4.74 Å². The number of nitrogens with zero attached hydrogens (tertiary/aromatic N) is 2. The van der Waals surface area contributed by atoms with Crippen LogP contribution in [0.4, 0.5) is 0 Å². The van der Waals surface area contributed by atoms with Crippen molar-refractivity contribution in [3.8, 4) is 22.8 Å². The Morgan fingerprint density at radius 3 is 2.18 bits per heavy atom. The maximum atomic E-state index is 12.6. The topological polar surface area (TPSA) is 99.6 Å². The Balaban J connectivity index is 1.76. The van der Waals surface area contributed by atoms with Crippen molar-refractivity contribution in [2.24, 2.45) is 5.10 Å². The SMILES string of the molecule is CCOc1ccc(-c2cc(C(=O)N/N=C/c3cc(C(C)(C)C)c(O)c(C(C)(C)C)c3)[nH]n2)cc1. The van der Waals surface area contributed by atoms with Gasteiger partial charge in [0.1, 0.15) is 17.2 Å². The number of phenols is 1. The fraction of sp³-hybridized carbons (Fsp3) is 0.370. The largest absolute Gasteiger partial charge is 0.507 e. The molecule has 1 heterocycles. The Labute approximate surface area is 201 Å². The van der Waals surface area contributed by atoms with Gasteiger partial charge in [0.05, 0.1) is 18.5 Å². The number of ether oxygens (including phenoxy) is 1. The summed E-state index contributed by atoms with van der Waals surface area (Å²) >= 11 is 0. The van der Waals surface area contributed by atoms with E-state index in [1.165, 1.54) is 0 Å². The van der Waals surface area contributed by atoms with Crippen molar-refractivity contribution in [1.82, 2.24) is 15.6 Å². The average Bonchev–Trinajstić information content (AvgIpc) is 3.24. The molecule has 0 aliphatic rings. The summed E-state index contributed by atoms with van der Waals surface area (Å²) in [4.78, 5) is 12.6. The van der Waals surface area contributed by atoms with E-state index in [0.717, 1.165) is 28.0 Å². The van der Waals surface area contributed by atoms with E-state index in [-0.39, 0.29) is 10.8 Å². The number of rotatable bonds is 6. The van der Waals surface area contributed by atoms with Crippen molar-refractivity contribution in [3.63, 3.8) is 0 Å². The van der Waals surface area contributed by atoms with Gasteiger partial charge in [0, 0.05) is 16.7 Å². The zero-order valence-electron chi connectivity index (χ0n) is 21.0. The number of hydrogen-bond donors (Lipinski definition) is 3. The van der Waals surface area contributed by atoms with Gasteiger partial charge in [-0.15, -0.1) is 0 Å². The predicted molar refractivity (Wildman–Crippen MR) is 136 cm³/mol. The normalized spacial score (nSPS) is 12.2. The van der Waals surface area contributed by atoms with Crippen LogP contribution in [0.3, 0.4) is 0 Å². The highest BCUT2D eigenvalue weighted by Gasteiger charge is 2.26. The van der Waals surface area contributed by atoms with Gasteiger partial charge in [-0.2, -0.15) is 10.2 Å². The number of aromatic nitrogens is 2. The fourth-order valence-electron chi connectivity index (χ4n) is 3.57. The molecule has 0 unspecified atom stereocenters. The lowest BCUT2D eigenvalue weighted by molar-refractivity contribution is 0.0950. The molecule has 0 saturated heterocycles. The first-order chi connectivity index (χ1) is 15.9. The lowest BCUT2D eigenvalue weighted by atomic mass is 9.78. The number of hydrazone groups is 1. The zero-order valence-corrected chi connectivity index (χ0v) is 21.0. The van der Waals surface area contributed by atoms with Gasteiger partial charge in [-0.05, 0) is 65.8 Å². The van der Waals surface area contributed by atoms with E-state index in [1.807, 2.05) is 43.3 Å². The molecule has 0 spiro atoms. The lowest BCUT2D eigenvalue weighted by Crippen LogP contribution is -2.19. The van der Waals surface area contributed by atoms with Crippen LogP contribution in [0.15, 0.2) is 47.6 Å². The van der Waals surface area contributed by atoms with Crippen molar-refractivity contribution >= 4 is 12.1 Å². The number of carbonyl (C=O) groups is 1. The number of aromatic amines is 1. The van der Waals surface area contributed by atoms with Gasteiger partial charge < -0.3 is 9.84 Å². The van der Waals surface area contributed by atoms with Gasteiger partial charge in [0.2, 0.25) is 0 Å². The van der Waals surface area contributed by atoms with Gasteiger partial charge in [0.25, 0.3) is 5.91 Å². The Kier molecular flexibility index (Phi) is 7.15. The number of nitrogens with one attached hydrogen (secondary N) is 2. The molecular weight excluding hydrogens is 428 g/mol. The molecule has 180 valence electrons. The summed E-state index contributed by atoms with van der Waals surface area (Å²) in [5.74, 6) is 0.694. The van der Waals surface area contributed by atoms with E-state index >= 15 is 0 Å². The summed E-state index contributed by atoms with van der Waals surface area (Å²) in [6.07, 6.45) is 1.59. The van der Waals surface area contributed by atoms with Crippen molar-refractivity contribution in [1.29, 1.82) is 0 Å². The van der Waals surface area contributed by atoms with E-state index in [0.29, 0.717) is 23.7 Å². The summed E-state index contributed by atoms with van der Waals surface area (Å²) in [6.45, 7) is 14.9. The van der Waals surface area contributed by atoms with Crippen molar-refractivity contribution < 1.29 is 14.6 Å². The predicted octanol–water partition coefficient (Wildman–Crippen LogP) is 5.54. The van der Waals surface area contributed by atoms with Gasteiger partial charge in [-0.3, -0.25) is 9.89 Å². The third kappa shape index (κ3) is 5.84. The summed E-state index contributed by atoms with van der Waals surface area (Å²) in [5.41, 5.74) is 6.35. The van der Waals surface area contributed by atoms with Gasteiger partial charge in [-0.25, -0.2) is 5.43 Å². The summed E-state index contributed by atoms with van der Waals surface area (Å²) in [7, 11) is 0. The molecule has 2 aromatic carbocycles. The maximum absolute atomic E-state index is 12.6. The van der Waals surface area contributed by atoms with Crippen molar-refractivity contribution in [2.45, 2.75) is 59.3 Å². The highest BCUT2D eigenvalue weighted by molar-refractivity contribution is 5.94. The number of phenolic OH excluding ortho intramolecular Hbond substituents is 1. The van der Waals surface area contributed by atoms with Crippen LogP contribution in [0, 0.1) is 0 Å². The molecule has 3 aromatic rings. The van der Waals surface area contributed by atoms with Crippen LogP contribution in [0.1, 0.15) is 75.6 Å². The minimum atomic E-state index is -0.396. The van der Waals surface area contributed by atoms with Crippen molar-refractivity contribution in [3.05, 3.63) is 64.8 Å². The standard InChI is InChI=1S/C27H34N4O3/c1-8-34-19-11-9-18(10-12-19)22-15-23(30-29-22)25(33)31-28-16-17-13-20(26(2,3)4)24(32)21(14-17)27(5,6)7/h9-16,32H,8H2,1-7H3,(H,29,30)(H,31,33)/b28-16+. The second kappa shape index (κ2) is 9.71. The monoisotopic (exact) mass is 462 g/mol. The van der Waals surface area contributed by atoms with E-state index in [1.54, 1.807) is 12.3 Å². The van der Waals surface area contributed by atoms with Gasteiger partial charge >= 0.3 is 0 Å². The molecule has 0 radical (unpaired) electrons. The van der Waals surface area contributed by atoms with E-state index in [2.05, 4.69) is 62.3 Å². The Morgan fingerprint density at radius 2 is 1.65 bits per heavy atom. The third-order valence-electron chi connectivity index (χ3n) is 5.41. The van der Waals surface area contributed by atoms with Gasteiger partial charge in [-0.1, -0.05) is 41.5 Å². The van der Waals surface area contributed by atoms with E-state index in [9.17, 15) is 9.90 Å². The molecule has 0 fully saturated rings. The molecular formula is C27H34N4O3. The van der Waals surface area contributed by atoms with Crippen LogP contribution in [0.2, 0.25) is 0 Å². The molecule has 0 saturated carbocycles. The first kappa shape index (κ1) is 25.0.